The monoisotopic (exact) mass is 495 g/mol. The summed E-state index contributed by atoms with van der Waals surface area (Å²) in [5.41, 5.74) is 6.22. The molecule has 0 atom stereocenters. The van der Waals surface area contributed by atoms with Crippen LogP contribution >= 0.6 is 0 Å². The zero-order valence-electron chi connectivity index (χ0n) is 21.2. The minimum Gasteiger partial charge on any atom is -0.495 e. The number of ether oxygens (including phenoxy) is 1. The number of methoxy groups -OCH3 is 1. The lowest BCUT2D eigenvalue weighted by Crippen LogP contribution is -2.25. The zero-order valence-corrected chi connectivity index (χ0v) is 21.2. The van der Waals surface area contributed by atoms with E-state index in [1.54, 1.807) is 17.9 Å². The van der Waals surface area contributed by atoms with Gasteiger partial charge in [-0.05, 0) is 54.3 Å². The molecule has 5 aromatic rings. The quantitative estimate of drug-likeness (QED) is 0.321. The van der Waals surface area contributed by atoms with Gasteiger partial charge >= 0.3 is 5.69 Å². The number of nitrogens with zero attached hydrogens (tertiary/aromatic N) is 6. The Bertz CT molecular complexity index is 1550. The van der Waals surface area contributed by atoms with Gasteiger partial charge in [0.1, 0.15) is 5.75 Å². The largest absolute Gasteiger partial charge is 0.495 e. The van der Waals surface area contributed by atoms with E-state index in [9.17, 15) is 4.79 Å². The number of aromatic nitrogens is 7. The van der Waals surface area contributed by atoms with E-state index in [1.807, 2.05) is 72.3 Å². The fourth-order valence-electron chi connectivity index (χ4n) is 4.56. The molecule has 9 nitrogen and oxygen atoms in total. The second kappa shape index (κ2) is 10.6. The van der Waals surface area contributed by atoms with Crippen molar-refractivity contribution in [1.29, 1.82) is 0 Å². The molecule has 1 N–H and O–H groups in total. The summed E-state index contributed by atoms with van der Waals surface area (Å²) in [4.78, 5) is 18.2. The molecule has 5 rings (SSSR count). The minimum absolute atomic E-state index is 0.0769. The van der Waals surface area contributed by atoms with E-state index in [0.29, 0.717) is 18.1 Å². The molecule has 0 aliphatic carbocycles. The highest BCUT2D eigenvalue weighted by Crippen LogP contribution is 2.28. The summed E-state index contributed by atoms with van der Waals surface area (Å²) >= 11 is 0. The molecule has 0 amide bonds. The minimum atomic E-state index is -0.0769. The van der Waals surface area contributed by atoms with Crippen molar-refractivity contribution in [2.45, 2.75) is 39.7 Å². The summed E-state index contributed by atoms with van der Waals surface area (Å²) in [6.45, 7) is 4.62. The molecule has 0 saturated carbocycles. The van der Waals surface area contributed by atoms with Gasteiger partial charge in [0.2, 0.25) is 5.82 Å². The van der Waals surface area contributed by atoms with Crippen LogP contribution in [-0.2, 0) is 13.0 Å². The normalized spacial score (nSPS) is 11.1. The van der Waals surface area contributed by atoms with E-state index >= 15 is 0 Å². The molecule has 0 spiro atoms. The smallest absolute Gasteiger partial charge is 0.333 e. The highest BCUT2D eigenvalue weighted by Gasteiger charge is 2.18. The number of hydrogen-bond acceptors (Lipinski definition) is 6. The molecule has 3 aromatic heterocycles. The van der Waals surface area contributed by atoms with Crippen LogP contribution in [0.1, 0.15) is 36.6 Å². The maximum absolute atomic E-state index is 13.7. The van der Waals surface area contributed by atoms with Crippen molar-refractivity contribution in [3.8, 4) is 34.1 Å². The van der Waals surface area contributed by atoms with Crippen molar-refractivity contribution >= 4 is 0 Å². The van der Waals surface area contributed by atoms with Crippen molar-refractivity contribution in [2.24, 2.45) is 0 Å². The van der Waals surface area contributed by atoms with Crippen LogP contribution < -0.4 is 10.4 Å². The standard InChI is InChI=1S/C28H29N7O2/c1-4-5-9-22-18-35(26-19(2)8-6-11-24(26)37-3)28(36)34(22)17-20-12-14-21(15-13-20)25-23(10-7-16-29-25)27-30-32-33-31-27/h6-8,10-16,18H,4-5,9,17H2,1-3H3,(H,30,31,32,33). The Balaban J connectivity index is 1.50. The molecule has 3 heterocycles. The Morgan fingerprint density at radius 1 is 1.05 bits per heavy atom. The Labute approximate surface area is 214 Å². The maximum atomic E-state index is 13.7. The lowest BCUT2D eigenvalue weighted by molar-refractivity contribution is 0.412. The van der Waals surface area contributed by atoms with Gasteiger partial charge in [0.15, 0.2) is 0 Å². The first kappa shape index (κ1) is 24.2. The van der Waals surface area contributed by atoms with Gasteiger partial charge in [0, 0.05) is 29.2 Å². The molecule has 188 valence electrons. The third-order valence-electron chi connectivity index (χ3n) is 6.47. The first-order valence-electron chi connectivity index (χ1n) is 12.3. The fourth-order valence-corrected chi connectivity index (χ4v) is 4.56. The second-order valence-corrected chi connectivity index (χ2v) is 8.92. The van der Waals surface area contributed by atoms with E-state index in [4.69, 9.17) is 4.74 Å². The molecule has 2 aromatic carbocycles. The molecule has 0 saturated heterocycles. The van der Waals surface area contributed by atoms with Crippen LogP contribution in [0.15, 0.2) is 71.8 Å². The van der Waals surface area contributed by atoms with E-state index in [1.165, 1.54) is 0 Å². The number of tetrazole rings is 1. The van der Waals surface area contributed by atoms with Gasteiger partial charge in [-0.2, -0.15) is 5.21 Å². The Morgan fingerprint density at radius 2 is 1.89 bits per heavy atom. The first-order valence-corrected chi connectivity index (χ1v) is 12.3. The van der Waals surface area contributed by atoms with E-state index in [2.05, 4.69) is 32.5 Å². The number of aryl methyl sites for hydroxylation is 2. The lowest BCUT2D eigenvalue weighted by Gasteiger charge is -2.11. The molecular weight excluding hydrogens is 466 g/mol. The van der Waals surface area contributed by atoms with Crippen LogP contribution in [0.3, 0.4) is 0 Å². The molecule has 0 fully saturated rings. The third-order valence-corrected chi connectivity index (χ3v) is 6.47. The van der Waals surface area contributed by atoms with Gasteiger partial charge in [0.05, 0.1) is 25.0 Å². The van der Waals surface area contributed by atoms with E-state index in [-0.39, 0.29) is 5.69 Å². The Kier molecular flexibility index (Phi) is 6.93. The van der Waals surface area contributed by atoms with Crippen LogP contribution in [0.2, 0.25) is 0 Å². The number of rotatable bonds is 9. The van der Waals surface area contributed by atoms with Gasteiger partial charge < -0.3 is 4.74 Å². The molecule has 0 aliphatic heterocycles. The maximum Gasteiger partial charge on any atom is 0.333 e. The number of hydrogen-bond donors (Lipinski definition) is 1. The third kappa shape index (κ3) is 4.80. The van der Waals surface area contributed by atoms with Crippen molar-refractivity contribution in [3.05, 3.63) is 94.3 Å². The van der Waals surface area contributed by atoms with Gasteiger partial charge in [-0.1, -0.05) is 49.7 Å². The molecule has 37 heavy (non-hydrogen) atoms. The van der Waals surface area contributed by atoms with Crippen molar-refractivity contribution < 1.29 is 4.74 Å². The predicted molar refractivity (Wildman–Crippen MR) is 142 cm³/mol. The molecule has 0 unspecified atom stereocenters. The molecular formula is C28H29N7O2. The summed E-state index contributed by atoms with van der Waals surface area (Å²) in [6, 6.07) is 17.7. The molecule has 0 radical (unpaired) electrons. The van der Waals surface area contributed by atoms with E-state index in [0.717, 1.165) is 58.6 Å². The Hall–Kier alpha value is -4.53. The second-order valence-electron chi connectivity index (χ2n) is 8.92. The van der Waals surface area contributed by atoms with Gasteiger partial charge in [-0.3, -0.25) is 14.1 Å². The van der Waals surface area contributed by atoms with Crippen molar-refractivity contribution in [3.63, 3.8) is 0 Å². The zero-order chi connectivity index (χ0) is 25.8. The number of para-hydroxylation sites is 1. The summed E-state index contributed by atoms with van der Waals surface area (Å²) in [5, 5.41) is 14.4. The number of aromatic amines is 1. The van der Waals surface area contributed by atoms with Crippen LogP contribution in [0.4, 0.5) is 0 Å². The molecule has 9 heteroatoms. The van der Waals surface area contributed by atoms with Gasteiger partial charge in [-0.25, -0.2) is 4.79 Å². The number of nitrogens with one attached hydrogen (secondary N) is 1. The van der Waals surface area contributed by atoms with Gasteiger partial charge in [-0.15, -0.1) is 10.2 Å². The topological polar surface area (TPSA) is 104 Å². The molecule has 0 bridgehead atoms. The number of imidazole rings is 1. The summed E-state index contributed by atoms with van der Waals surface area (Å²) < 4.78 is 9.17. The van der Waals surface area contributed by atoms with Crippen molar-refractivity contribution in [2.75, 3.05) is 7.11 Å². The van der Waals surface area contributed by atoms with E-state index < -0.39 is 0 Å². The molecule has 0 aliphatic rings. The SMILES string of the molecule is CCCCc1cn(-c2c(C)cccc2OC)c(=O)n1Cc1ccc(-c2ncccc2-c2nn[nH]n2)cc1. The summed E-state index contributed by atoms with van der Waals surface area (Å²) in [7, 11) is 1.63. The lowest BCUT2D eigenvalue weighted by atomic mass is 10.0. The van der Waals surface area contributed by atoms with Gasteiger partial charge in [0.25, 0.3) is 0 Å². The Morgan fingerprint density at radius 3 is 2.62 bits per heavy atom. The first-order chi connectivity index (χ1) is 18.1. The summed E-state index contributed by atoms with van der Waals surface area (Å²) in [5.74, 6) is 1.17. The predicted octanol–water partition coefficient (Wildman–Crippen LogP) is 4.59. The van der Waals surface area contributed by atoms with Crippen LogP contribution in [0, 0.1) is 6.92 Å². The summed E-state index contributed by atoms with van der Waals surface area (Å²) in [6.07, 6.45) is 6.59. The highest BCUT2D eigenvalue weighted by atomic mass is 16.5. The number of H-pyrrole nitrogens is 1. The average Bonchev–Trinajstić information content (AvgIpc) is 3.57. The van der Waals surface area contributed by atoms with Crippen molar-refractivity contribution in [1.82, 2.24) is 34.7 Å². The highest BCUT2D eigenvalue weighted by molar-refractivity contribution is 5.76. The van der Waals surface area contributed by atoms with Crippen LogP contribution in [0.5, 0.6) is 5.75 Å². The number of benzene rings is 2. The van der Waals surface area contributed by atoms with Crippen LogP contribution in [0.25, 0.3) is 28.3 Å². The fraction of sp³-hybridized carbons (Fsp3) is 0.250. The number of unbranched alkanes of at least 4 members (excludes halogenated alkanes) is 1. The average molecular weight is 496 g/mol. The number of pyridine rings is 1. The van der Waals surface area contributed by atoms with Crippen LogP contribution in [-0.4, -0.2) is 41.9 Å².